The normalized spacial score (nSPS) is 62.0. The van der Waals surface area contributed by atoms with Crippen molar-refractivity contribution in [2.45, 2.75) is 92.5 Å². The van der Waals surface area contributed by atoms with Crippen molar-refractivity contribution in [1.29, 1.82) is 0 Å². The summed E-state index contributed by atoms with van der Waals surface area (Å²) in [5.41, 5.74) is -8.24. The number of aliphatic hydroxyl groups is 2. The maximum atomic E-state index is 14.9. The molecule has 5 saturated heterocycles. The van der Waals surface area contributed by atoms with E-state index in [1.165, 1.54) is 6.08 Å². The van der Waals surface area contributed by atoms with Gasteiger partial charge in [-0.25, -0.2) is 4.79 Å². The van der Waals surface area contributed by atoms with Crippen molar-refractivity contribution in [2.75, 3.05) is 6.61 Å². The molecule has 5 heterocycles. The average molecular weight is 563 g/mol. The minimum absolute atomic E-state index is 0.00137. The fourth-order valence-electron chi connectivity index (χ4n) is 10.5. The second-order valence-electron chi connectivity index (χ2n) is 13.7. The van der Waals surface area contributed by atoms with Crippen molar-refractivity contribution < 1.29 is 48.3 Å². The maximum Gasteiger partial charge on any atom is 0.342 e. The molecule has 7 fully saturated rings. The van der Waals surface area contributed by atoms with Crippen molar-refractivity contribution in [2.24, 2.45) is 34.5 Å². The van der Waals surface area contributed by atoms with E-state index in [-0.39, 0.29) is 44.5 Å². The topological polar surface area (TPSA) is 146 Å². The first-order chi connectivity index (χ1) is 18.2. The first kappa shape index (κ1) is 24.9. The van der Waals surface area contributed by atoms with E-state index in [2.05, 4.69) is 0 Å². The van der Waals surface area contributed by atoms with E-state index in [1.54, 1.807) is 26.8 Å². The lowest BCUT2D eigenvalue weighted by molar-refractivity contribution is -0.378. The third-order valence-electron chi connectivity index (χ3n) is 12.6. The molecule has 8 rings (SSSR count). The number of allylic oxidation sites excluding steroid dienone is 2. The summed E-state index contributed by atoms with van der Waals surface area (Å²) in [7, 11) is 0. The van der Waals surface area contributed by atoms with E-state index in [1.807, 2.05) is 0 Å². The van der Waals surface area contributed by atoms with Crippen molar-refractivity contribution in [3.8, 4) is 0 Å². The zero-order chi connectivity index (χ0) is 27.8. The van der Waals surface area contributed by atoms with Gasteiger partial charge in [0, 0.05) is 5.92 Å². The van der Waals surface area contributed by atoms with Gasteiger partial charge in [0.1, 0.15) is 6.10 Å². The number of Topliss-reactive ketones (excluding diaryl/α,β-unsaturated/α-hetero) is 1. The average Bonchev–Trinajstić information content (AvgIpc) is 3.19. The lowest BCUT2D eigenvalue weighted by Crippen LogP contribution is -2.79. The minimum Gasteiger partial charge on any atom is -0.458 e. The first-order valence-corrected chi connectivity index (χ1v) is 14.2. The predicted molar refractivity (Wildman–Crippen MR) is 129 cm³/mol. The van der Waals surface area contributed by atoms with E-state index in [0.717, 1.165) is 0 Å². The highest BCUT2D eigenvalue weighted by Crippen LogP contribution is 2.75. The van der Waals surface area contributed by atoms with Gasteiger partial charge in [-0.2, -0.15) is 0 Å². The lowest BCUT2D eigenvalue weighted by atomic mass is 9.46. The number of ketones is 2. The molecule has 0 aromatic heterocycles. The van der Waals surface area contributed by atoms with E-state index in [0.29, 0.717) is 0 Å². The van der Waals surface area contributed by atoms with Crippen LogP contribution in [0, 0.1) is 34.5 Å². The molecule has 2 N–H and O–H groups in total. The van der Waals surface area contributed by atoms with Gasteiger partial charge in [0.15, 0.2) is 28.4 Å². The number of halogens is 1. The Balaban J connectivity index is 1.43. The number of alkyl halides is 1. The van der Waals surface area contributed by atoms with Crippen molar-refractivity contribution in [3.05, 3.63) is 12.2 Å². The molecular formula is C28H31ClO10. The Bertz CT molecular complexity index is 1330. The molecular weight excluding hydrogens is 532 g/mol. The summed E-state index contributed by atoms with van der Waals surface area (Å²) in [6.45, 7) is 4.87. The summed E-state index contributed by atoms with van der Waals surface area (Å²) in [5.74, 6) is -7.85. The van der Waals surface area contributed by atoms with Crippen LogP contribution >= 0.6 is 11.6 Å². The zero-order valence-corrected chi connectivity index (χ0v) is 22.7. The third kappa shape index (κ3) is 2.15. The predicted octanol–water partition coefficient (Wildman–Crippen LogP) is 0.969. The van der Waals surface area contributed by atoms with Crippen LogP contribution in [0.15, 0.2) is 12.2 Å². The van der Waals surface area contributed by atoms with Crippen molar-refractivity contribution >= 4 is 35.1 Å². The van der Waals surface area contributed by atoms with Crippen LogP contribution in [0.1, 0.15) is 52.9 Å². The Labute approximate surface area is 229 Å². The number of ether oxygens (including phenoxy) is 4. The molecule has 8 aliphatic rings. The van der Waals surface area contributed by atoms with Gasteiger partial charge in [-0.15, -0.1) is 11.6 Å². The van der Waals surface area contributed by atoms with Crippen LogP contribution in [0.3, 0.4) is 0 Å². The summed E-state index contributed by atoms with van der Waals surface area (Å²) in [6.07, 6.45) is 1.39. The molecule has 2 unspecified atom stereocenters. The Hall–Kier alpha value is -1.85. The van der Waals surface area contributed by atoms with Crippen LogP contribution in [0.5, 0.6) is 0 Å². The number of carbonyl (C=O) groups excluding carboxylic acids is 4. The third-order valence-corrected chi connectivity index (χ3v) is 13.4. The van der Waals surface area contributed by atoms with Gasteiger partial charge < -0.3 is 29.2 Å². The van der Waals surface area contributed by atoms with Crippen molar-refractivity contribution in [3.63, 3.8) is 0 Å². The smallest absolute Gasteiger partial charge is 0.342 e. The molecule has 10 nitrogen and oxygen atoms in total. The molecule has 210 valence electrons. The van der Waals surface area contributed by atoms with Gasteiger partial charge in [0.05, 0.1) is 34.8 Å². The Morgan fingerprint density at radius 3 is 2.59 bits per heavy atom. The molecule has 3 aliphatic carbocycles. The van der Waals surface area contributed by atoms with Crippen LogP contribution in [-0.4, -0.2) is 80.0 Å². The number of carbonyl (C=O) groups is 4. The molecule has 2 saturated carbocycles. The van der Waals surface area contributed by atoms with E-state index in [4.69, 9.17) is 30.5 Å². The summed E-state index contributed by atoms with van der Waals surface area (Å²) in [6, 6.07) is 0. The monoisotopic (exact) mass is 562 g/mol. The van der Waals surface area contributed by atoms with Gasteiger partial charge in [-0.3, -0.25) is 14.4 Å². The first-order valence-electron chi connectivity index (χ1n) is 13.8. The highest BCUT2D eigenvalue weighted by atomic mass is 35.5. The highest BCUT2D eigenvalue weighted by molar-refractivity contribution is 6.28. The number of hydrogen-bond donors (Lipinski definition) is 2. The quantitative estimate of drug-likeness (QED) is 0.323. The number of esters is 2. The maximum absolute atomic E-state index is 14.9. The van der Waals surface area contributed by atoms with Crippen LogP contribution in [0.25, 0.3) is 0 Å². The zero-order valence-electron chi connectivity index (χ0n) is 21.9. The summed E-state index contributed by atoms with van der Waals surface area (Å²) < 4.78 is 25.0. The van der Waals surface area contributed by atoms with Gasteiger partial charge in [0.25, 0.3) is 0 Å². The number of hydrogen-bond acceptors (Lipinski definition) is 10. The molecule has 0 aromatic carbocycles. The summed E-state index contributed by atoms with van der Waals surface area (Å²) in [5, 5.41) is 24.0. The fraction of sp³-hybridized carbons (Fsp3) is 0.786. The van der Waals surface area contributed by atoms with Crippen molar-refractivity contribution in [1.82, 2.24) is 0 Å². The second kappa shape index (κ2) is 6.62. The summed E-state index contributed by atoms with van der Waals surface area (Å²) >= 11 is 7.12. The van der Waals surface area contributed by atoms with Crippen LogP contribution in [0.2, 0.25) is 0 Å². The molecule has 0 radical (unpaired) electrons. The second-order valence-corrected chi connectivity index (χ2v) is 14.4. The fourth-order valence-corrected chi connectivity index (χ4v) is 10.9. The highest BCUT2D eigenvalue weighted by Gasteiger charge is 2.93. The van der Waals surface area contributed by atoms with Gasteiger partial charge in [-0.1, -0.05) is 19.9 Å². The van der Waals surface area contributed by atoms with E-state index >= 15 is 0 Å². The Kier molecular flexibility index (Phi) is 4.23. The molecule has 13 atom stereocenters. The van der Waals surface area contributed by atoms with E-state index in [9.17, 15) is 29.4 Å². The van der Waals surface area contributed by atoms with Crippen LogP contribution in [0.4, 0.5) is 0 Å². The van der Waals surface area contributed by atoms with Crippen LogP contribution < -0.4 is 0 Å². The molecule has 5 bridgehead atoms. The summed E-state index contributed by atoms with van der Waals surface area (Å²) in [4.78, 5) is 54.3. The molecule has 11 heteroatoms. The Morgan fingerprint density at radius 2 is 1.85 bits per heavy atom. The van der Waals surface area contributed by atoms with Gasteiger partial charge >= 0.3 is 11.9 Å². The lowest BCUT2D eigenvalue weighted by Gasteiger charge is -2.64. The minimum atomic E-state index is -2.28. The number of aliphatic hydroxyl groups excluding tert-OH is 1. The van der Waals surface area contributed by atoms with Gasteiger partial charge in [0.2, 0.25) is 5.79 Å². The SMILES string of the molecule is C[C@]12C[C@H]3OC(=O)[C@H]1COC14OC5([C@@H]2C1=O)[C@](O)(CC[C@@H]1[C@H]4C[C@H](O)[C@@]2(Cl)CC=CC(=O)[C@@]12C)C(=O)O[C@]35C. The van der Waals surface area contributed by atoms with Crippen LogP contribution in [-0.2, 0) is 38.1 Å². The Morgan fingerprint density at radius 1 is 1.10 bits per heavy atom. The molecule has 5 aliphatic heterocycles. The number of fused-ring (bicyclic) bond motifs is 5. The molecule has 2 spiro atoms. The molecule has 0 aromatic rings. The number of rotatable bonds is 0. The standard InChI is InChI=1S/C28H31ClO10/c1-22-10-17-24(3)28-18(22)19(32)27(39-28,36-11-14(22)20(33)37-17)13-9-16(31)25(29)7-4-5-15(30)23(25,2)12(13)6-8-26(28,35)21(34)38-24/h4-5,12-14,16-18,31,35H,6-11H2,1-3H3/t12-,13-,14-,16+,17-,18-,22+,23-,24-,25+,26+,27?,28?/m1/s1. The van der Waals surface area contributed by atoms with E-state index < -0.39 is 91.9 Å². The van der Waals surface area contributed by atoms with Gasteiger partial charge in [-0.05, 0) is 56.4 Å². The molecule has 0 amide bonds. The largest absolute Gasteiger partial charge is 0.458 e. The molecule has 39 heavy (non-hydrogen) atoms.